The van der Waals surface area contributed by atoms with Crippen LogP contribution in [0, 0.1) is 5.92 Å². The fraction of sp³-hybridized carbons (Fsp3) is 0.429. The van der Waals surface area contributed by atoms with Crippen molar-refractivity contribution < 1.29 is 24.2 Å². The van der Waals surface area contributed by atoms with Crippen LogP contribution >= 0.6 is 0 Å². The van der Waals surface area contributed by atoms with Crippen LogP contribution in [0.15, 0.2) is 18.2 Å². The predicted molar refractivity (Wildman–Crippen MR) is 70.8 cm³/mol. The van der Waals surface area contributed by atoms with Crippen molar-refractivity contribution in [3.05, 3.63) is 23.8 Å². The van der Waals surface area contributed by atoms with Crippen molar-refractivity contribution in [2.45, 2.75) is 12.5 Å². The standard InChI is InChI=1S/C14H17NO5/c1-15-12(16)7-10(14(17)18)13(15)9-6-8(19-2)4-5-11(9)20-3/h4-6,10,13H,7H2,1-3H3,(H,17,18). The van der Waals surface area contributed by atoms with Crippen molar-refractivity contribution in [2.24, 2.45) is 5.92 Å². The molecule has 6 nitrogen and oxygen atoms in total. The largest absolute Gasteiger partial charge is 0.497 e. The Morgan fingerprint density at radius 1 is 1.35 bits per heavy atom. The lowest BCUT2D eigenvalue weighted by Gasteiger charge is -2.25. The first kappa shape index (κ1) is 14.2. The molecule has 1 aliphatic heterocycles. The smallest absolute Gasteiger partial charge is 0.309 e. The van der Waals surface area contributed by atoms with Crippen molar-refractivity contribution in [1.29, 1.82) is 0 Å². The maximum atomic E-state index is 11.8. The molecule has 2 unspecified atom stereocenters. The van der Waals surface area contributed by atoms with Gasteiger partial charge in [-0.25, -0.2) is 0 Å². The number of likely N-dealkylation sites (tertiary alicyclic amines) is 1. The highest BCUT2D eigenvalue weighted by molar-refractivity contribution is 5.87. The zero-order valence-electron chi connectivity index (χ0n) is 11.6. The number of aliphatic carboxylic acids is 1. The van der Waals surface area contributed by atoms with Gasteiger partial charge in [-0.1, -0.05) is 0 Å². The summed E-state index contributed by atoms with van der Waals surface area (Å²) in [6.45, 7) is 0. The van der Waals surface area contributed by atoms with Crippen LogP contribution in [0.2, 0.25) is 0 Å². The first-order valence-electron chi connectivity index (χ1n) is 6.20. The molecule has 2 atom stereocenters. The molecule has 6 heteroatoms. The van der Waals surface area contributed by atoms with Gasteiger partial charge in [-0.2, -0.15) is 0 Å². The van der Waals surface area contributed by atoms with E-state index in [2.05, 4.69) is 0 Å². The number of rotatable bonds is 4. The highest BCUT2D eigenvalue weighted by Crippen LogP contribution is 2.42. The Labute approximate surface area is 116 Å². The average Bonchev–Trinajstić information content (AvgIpc) is 2.74. The molecule has 1 aliphatic rings. The van der Waals surface area contributed by atoms with Gasteiger partial charge >= 0.3 is 5.97 Å². The normalized spacial score (nSPS) is 21.9. The van der Waals surface area contributed by atoms with Gasteiger partial charge in [-0.05, 0) is 18.2 Å². The van der Waals surface area contributed by atoms with Gasteiger partial charge in [0.1, 0.15) is 11.5 Å². The predicted octanol–water partition coefficient (Wildman–Crippen LogP) is 1.31. The number of carbonyl (C=O) groups excluding carboxylic acids is 1. The molecular weight excluding hydrogens is 262 g/mol. The van der Waals surface area contributed by atoms with E-state index in [0.29, 0.717) is 17.1 Å². The first-order valence-corrected chi connectivity index (χ1v) is 6.20. The van der Waals surface area contributed by atoms with Crippen LogP contribution in [0.3, 0.4) is 0 Å². The third-order valence-corrected chi connectivity index (χ3v) is 3.66. The van der Waals surface area contributed by atoms with Gasteiger partial charge in [0, 0.05) is 19.0 Å². The SMILES string of the molecule is COc1ccc(OC)c(C2C(C(=O)O)CC(=O)N2C)c1. The molecule has 0 spiro atoms. The number of methoxy groups -OCH3 is 2. The molecule has 1 aromatic carbocycles. The van der Waals surface area contributed by atoms with Gasteiger partial charge in [0.2, 0.25) is 5.91 Å². The van der Waals surface area contributed by atoms with Crippen molar-refractivity contribution in [2.75, 3.05) is 21.3 Å². The lowest BCUT2D eigenvalue weighted by Crippen LogP contribution is -2.27. The number of nitrogens with zero attached hydrogens (tertiary/aromatic N) is 1. The van der Waals surface area contributed by atoms with Crippen molar-refractivity contribution in [3.8, 4) is 11.5 Å². The third kappa shape index (κ3) is 2.29. The monoisotopic (exact) mass is 279 g/mol. The summed E-state index contributed by atoms with van der Waals surface area (Å²) in [5.41, 5.74) is 0.646. The number of hydrogen-bond donors (Lipinski definition) is 1. The average molecular weight is 279 g/mol. The topological polar surface area (TPSA) is 76.1 Å². The molecule has 0 bridgehead atoms. The van der Waals surface area contributed by atoms with Gasteiger partial charge in [0.15, 0.2) is 0 Å². The molecule has 2 rings (SSSR count). The van der Waals surface area contributed by atoms with Crippen LogP contribution in [-0.2, 0) is 9.59 Å². The summed E-state index contributed by atoms with van der Waals surface area (Å²) in [6, 6.07) is 4.61. The zero-order chi connectivity index (χ0) is 14.9. The van der Waals surface area contributed by atoms with Crippen molar-refractivity contribution in [3.63, 3.8) is 0 Å². The summed E-state index contributed by atoms with van der Waals surface area (Å²) >= 11 is 0. The molecule has 1 heterocycles. The summed E-state index contributed by atoms with van der Waals surface area (Å²) < 4.78 is 10.4. The van der Waals surface area contributed by atoms with E-state index in [9.17, 15) is 14.7 Å². The van der Waals surface area contributed by atoms with Crippen LogP contribution in [0.5, 0.6) is 11.5 Å². The quantitative estimate of drug-likeness (QED) is 0.899. The molecular formula is C14H17NO5. The Kier molecular flexibility index (Phi) is 3.83. The minimum absolute atomic E-state index is 0.00311. The number of carbonyl (C=O) groups is 2. The maximum Gasteiger partial charge on any atom is 0.309 e. The molecule has 20 heavy (non-hydrogen) atoms. The molecule has 1 fully saturated rings. The number of amides is 1. The molecule has 1 amide bonds. The first-order chi connectivity index (χ1) is 9.49. The second-order valence-electron chi connectivity index (χ2n) is 4.71. The van der Waals surface area contributed by atoms with Gasteiger partial charge in [0.25, 0.3) is 0 Å². The van der Waals surface area contributed by atoms with Crippen LogP contribution < -0.4 is 9.47 Å². The Morgan fingerprint density at radius 2 is 2.05 bits per heavy atom. The number of ether oxygens (including phenoxy) is 2. The van der Waals surface area contributed by atoms with Gasteiger partial charge in [-0.3, -0.25) is 9.59 Å². The van der Waals surface area contributed by atoms with Crippen molar-refractivity contribution >= 4 is 11.9 Å². The maximum absolute atomic E-state index is 11.8. The van der Waals surface area contributed by atoms with E-state index in [-0.39, 0.29) is 12.3 Å². The summed E-state index contributed by atoms with van der Waals surface area (Å²) in [6.07, 6.45) is -0.00311. The van der Waals surface area contributed by atoms with E-state index in [1.54, 1.807) is 25.2 Å². The Balaban J connectivity index is 2.51. The fourth-order valence-electron chi connectivity index (χ4n) is 2.59. The second-order valence-corrected chi connectivity index (χ2v) is 4.71. The lowest BCUT2D eigenvalue weighted by molar-refractivity contribution is -0.142. The Bertz CT molecular complexity index is 542. The summed E-state index contributed by atoms with van der Waals surface area (Å²) in [5, 5.41) is 9.32. The lowest BCUT2D eigenvalue weighted by atomic mass is 9.93. The summed E-state index contributed by atoms with van der Waals surface area (Å²) in [4.78, 5) is 24.7. The third-order valence-electron chi connectivity index (χ3n) is 3.66. The zero-order valence-corrected chi connectivity index (χ0v) is 11.6. The van der Waals surface area contributed by atoms with Crippen LogP contribution in [0.4, 0.5) is 0 Å². The number of carboxylic acid groups (broad SMARTS) is 1. The Hall–Kier alpha value is -2.24. The van der Waals surface area contributed by atoms with Crippen LogP contribution in [0.1, 0.15) is 18.0 Å². The van der Waals surface area contributed by atoms with Gasteiger partial charge in [-0.15, -0.1) is 0 Å². The highest BCUT2D eigenvalue weighted by atomic mass is 16.5. The molecule has 0 aliphatic carbocycles. The van der Waals surface area contributed by atoms with E-state index in [1.165, 1.54) is 19.1 Å². The van der Waals surface area contributed by atoms with E-state index < -0.39 is 17.9 Å². The van der Waals surface area contributed by atoms with Crippen molar-refractivity contribution in [1.82, 2.24) is 4.90 Å². The van der Waals surface area contributed by atoms with E-state index in [4.69, 9.17) is 9.47 Å². The van der Waals surface area contributed by atoms with E-state index in [0.717, 1.165) is 0 Å². The van der Waals surface area contributed by atoms with Crippen LogP contribution in [0.25, 0.3) is 0 Å². The molecule has 0 saturated carbocycles. The molecule has 108 valence electrons. The van der Waals surface area contributed by atoms with E-state index in [1.807, 2.05) is 0 Å². The molecule has 1 N–H and O–H groups in total. The number of benzene rings is 1. The molecule has 0 aromatic heterocycles. The van der Waals surface area contributed by atoms with Gasteiger partial charge < -0.3 is 19.5 Å². The summed E-state index contributed by atoms with van der Waals surface area (Å²) in [7, 11) is 4.65. The highest BCUT2D eigenvalue weighted by Gasteiger charge is 2.44. The Morgan fingerprint density at radius 3 is 2.60 bits per heavy atom. The second kappa shape index (κ2) is 5.40. The molecule has 0 radical (unpaired) electrons. The minimum atomic E-state index is -0.988. The molecule has 1 aromatic rings. The molecule has 1 saturated heterocycles. The van der Waals surface area contributed by atoms with E-state index >= 15 is 0 Å². The minimum Gasteiger partial charge on any atom is -0.497 e. The van der Waals surface area contributed by atoms with Crippen LogP contribution in [-0.4, -0.2) is 43.2 Å². The van der Waals surface area contributed by atoms with Gasteiger partial charge in [0.05, 0.1) is 26.2 Å². The number of hydrogen-bond acceptors (Lipinski definition) is 4. The number of carboxylic acids is 1. The fourth-order valence-corrected chi connectivity index (χ4v) is 2.59. The summed E-state index contributed by atoms with van der Waals surface area (Å²) in [5.74, 6) is -0.820.